The van der Waals surface area contributed by atoms with Crippen molar-refractivity contribution in [1.29, 1.82) is 0 Å². The molecule has 3 rings (SSSR count). The first-order valence-corrected chi connectivity index (χ1v) is 10.5. The predicted molar refractivity (Wildman–Crippen MR) is 124 cm³/mol. The van der Waals surface area contributed by atoms with Gasteiger partial charge in [-0.1, -0.05) is 23.7 Å². The van der Waals surface area contributed by atoms with Crippen molar-refractivity contribution in [2.75, 3.05) is 25.5 Å². The smallest absolute Gasteiger partial charge is 0.227 e. The van der Waals surface area contributed by atoms with Crippen molar-refractivity contribution in [3.63, 3.8) is 0 Å². The standard InChI is InChI=1S/C24H29ClN4O/c1-6-28(16-19-7-11-21(12-8-19)27(4)5)24(30)15-23-17(2)26-29(18(23)3)22-13-9-20(25)10-14-22/h7-14H,6,15-16H2,1-5H3. The molecule has 0 aliphatic heterocycles. The topological polar surface area (TPSA) is 41.4 Å². The lowest BCUT2D eigenvalue weighted by molar-refractivity contribution is -0.130. The SMILES string of the molecule is CCN(Cc1ccc(N(C)C)cc1)C(=O)Cc1c(C)nn(-c2ccc(Cl)cc2)c1C. The van der Waals surface area contributed by atoms with Gasteiger partial charge in [-0.05, 0) is 62.7 Å². The number of hydrogen-bond donors (Lipinski definition) is 0. The third-order valence-electron chi connectivity index (χ3n) is 5.40. The molecule has 0 aliphatic rings. The summed E-state index contributed by atoms with van der Waals surface area (Å²) in [5, 5.41) is 5.34. The van der Waals surface area contributed by atoms with Crippen LogP contribution in [0.25, 0.3) is 5.69 Å². The molecule has 3 aromatic rings. The highest BCUT2D eigenvalue weighted by Gasteiger charge is 2.19. The van der Waals surface area contributed by atoms with Crippen LogP contribution in [-0.4, -0.2) is 41.2 Å². The number of aromatic nitrogens is 2. The molecule has 1 heterocycles. The molecule has 0 radical (unpaired) electrons. The summed E-state index contributed by atoms with van der Waals surface area (Å²) in [7, 11) is 4.04. The van der Waals surface area contributed by atoms with E-state index in [9.17, 15) is 4.79 Å². The number of nitrogens with zero attached hydrogens (tertiary/aromatic N) is 4. The number of carbonyl (C=O) groups is 1. The van der Waals surface area contributed by atoms with E-state index in [1.165, 1.54) is 0 Å². The monoisotopic (exact) mass is 424 g/mol. The largest absolute Gasteiger partial charge is 0.378 e. The van der Waals surface area contributed by atoms with E-state index in [4.69, 9.17) is 11.6 Å². The van der Waals surface area contributed by atoms with Crippen LogP contribution in [0.15, 0.2) is 48.5 Å². The normalized spacial score (nSPS) is 10.9. The van der Waals surface area contributed by atoms with Gasteiger partial charge in [-0.15, -0.1) is 0 Å². The summed E-state index contributed by atoms with van der Waals surface area (Å²) in [5.74, 6) is 0.107. The van der Waals surface area contributed by atoms with E-state index in [2.05, 4.69) is 34.3 Å². The van der Waals surface area contributed by atoms with Gasteiger partial charge in [-0.25, -0.2) is 4.68 Å². The summed E-state index contributed by atoms with van der Waals surface area (Å²) in [6, 6.07) is 15.9. The number of benzene rings is 2. The Balaban J connectivity index is 1.76. The molecule has 0 saturated heterocycles. The van der Waals surface area contributed by atoms with E-state index in [1.807, 2.05) is 68.7 Å². The molecule has 0 bridgehead atoms. The van der Waals surface area contributed by atoms with Gasteiger partial charge in [0.15, 0.2) is 0 Å². The van der Waals surface area contributed by atoms with Crippen LogP contribution in [0.1, 0.15) is 29.4 Å². The fraction of sp³-hybridized carbons (Fsp3) is 0.333. The van der Waals surface area contributed by atoms with E-state index >= 15 is 0 Å². The summed E-state index contributed by atoms with van der Waals surface area (Å²) >= 11 is 6.00. The molecule has 158 valence electrons. The van der Waals surface area contributed by atoms with Crippen LogP contribution < -0.4 is 4.90 Å². The first-order chi connectivity index (χ1) is 14.3. The minimum Gasteiger partial charge on any atom is -0.378 e. The maximum Gasteiger partial charge on any atom is 0.227 e. The summed E-state index contributed by atoms with van der Waals surface area (Å²) in [4.78, 5) is 17.0. The Kier molecular flexibility index (Phi) is 6.83. The highest BCUT2D eigenvalue weighted by Crippen LogP contribution is 2.21. The molecule has 0 aliphatic carbocycles. The predicted octanol–water partition coefficient (Wildman–Crippen LogP) is 4.80. The summed E-state index contributed by atoms with van der Waals surface area (Å²) in [6.45, 7) is 7.25. The van der Waals surface area contributed by atoms with Crippen LogP contribution in [0.3, 0.4) is 0 Å². The average molecular weight is 425 g/mol. The molecule has 0 saturated carbocycles. The molecule has 0 unspecified atom stereocenters. The lowest BCUT2D eigenvalue weighted by atomic mass is 10.1. The van der Waals surface area contributed by atoms with Gasteiger partial charge in [0.05, 0.1) is 17.8 Å². The Hall–Kier alpha value is -2.79. The number of amides is 1. The second-order valence-corrected chi connectivity index (χ2v) is 8.12. The zero-order chi connectivity index (χ0) is 21.8. The number of aryl methyl sites for hydroxylation is 1. The second kappa shape index (κ2) is 9.35. The van der Waals surface area contributed by atoms with Crippen molar-refractivity contribution in [3.8, 4) is 5.69 Å². The third kappa shape index (κ3) is 4.85. The van der Waals surface area contributed by atoms with Crippen LogP contribution in [0, 0.1) is 13.8 Å². The zero-order valence-corrected chi connectivity index (χ0v) is 19.1. The number of hydrogen-bond acceptors (Lipinski definition) is 3. The number of halogens is 1. The van der Waals surface area contributed by atoms with Gasteiger partial charge < -0.3 is 9.80 Å². The van der Waals surface area contributed by atoms with Crippen molar-refractivity contribution in [2.24, 2.45) is 0 Å². The maximum atomic E-state index is 13.1. The van der Waals surface area contributed by atoms with E-state index in [1.54, 1.807) is 0 Å². The molecule has 5 nitrogen and oxygen atoms in total. The van der Waals surface area contributed by atoms with E-state index < -0.39 is 0 Å². The lowest BCUT2D eigenvalue weighted by Crippen LogP contribution is -2.31. The highest BCUT2D eigenvalue weighted by atomic mass is 35.5. The number of carbonyl (C=O) groups excluding carboxylic acids is 1. The van der Waals surface area contributed by atoms with Crippen LogP contribution in [0.2, 0.25) is 5.02 Å². The molecule has 0 atom stereocenters. The van der Waals surface area contributed by atoms with Crippen LogP contribution in [-0.2, 0) is 17.8 Å². The van der Waals surface area contributed by atoms with Gasteiger partial charge in [-0.3, -0.25) is 4.79 Å². The van der Waals surface area contributed by atoms with Crippen molar-refractivity contribution in [1.82, 2.24) is 14.7 Å². The second-order valence-electron chi connectivity index (χ2n) is 7.68. The minimum absolute atomic E-state index is 0.107. The molecule has 1 aromatic heterocycles. The average Bonchev–Trinajstić information content (AvgIpc) is 3.01. The molecule has 0 spiro atoms. The van der Waals surface area contributed by atoms with E-state index in [-0.39, 0.29) is 5.91 Å². The third-order valence-corrected chi connectivity index (χ3v) is 5.65. The first-order valence-electron chi connectivity index (χ1n) is 10.1. The van der Waals surface area contributed by atoms with Crippen LogP contribution in [0.4, 0.5) is 5.69 Å². The van der Waals surface area contributed by atoms with Crippen LogP contribution in [0.5, 0.6) is 0 Å². The van der Waals surface area contributed by atoms with Gasteiger partial charge in [0.25, 0.3) is 0 Å². The fourth-order valence-electron chi connectivity index (χ4n) is 3.52. The molecule has 30 heavy (non-hydrogen) atoms. The van der Waals surface area contributed by atoms with Crippen molar-refractivity contribution < 1.29 is 4.79 Å². The van der Waals surface area contributed by atoms with Crippen LogP contribution >= 0.6 is 11.6 Å². The molecule has 2 aromatic carbocycles. The zero-order valence-electron chi connectivity index (χ0n) is 18.3. The Labute approximate surface area is 183 Å². The maximum absolute atomic E-state index is 13.1. The molecular formula is C24H29ClN4O. The van der Waals surface area contributed by atoms with Gasteiger partial charge in [0.2, 0.25) is 5.91 Å². The molecule has 0 fully saturated rings. The van der Waals surface area contributed by atoms with Gasteiger partial charge in [0, 0.05) is 49.2 Å². The highest BCUT2D eigenvalue weighted by molar-refractivity contribution is 6.30. The summed E-state index contributed by atoms with van der Waals surface area (Å²) in [5.41, 5.74) is 6.05. The fourth-order valence-corrected chi connectivity index (χ4v) is 3.65. The van der Waals surface area contributed by atoms with E-state index in [0.29, 0.717) is 24.5 Å². The Bertz CT molecular complexity index is 1010. The lowest BCUT2D eigenvalue weighted by Gasteiger charge is -2.22. The number of likely N-dealkylation sites (N-methyl/N-ethyl adjacent to an activating group) is 1. The Morgan fingerprint density at radius 2 is 1.67 bits per heavy atom. The van der Waals surface area contributed by atoms with E-state index in [0.717, 1.165) is 33.9 Å². The molecule has 6 heteroatoms. The molecular weight excluding hydrogens is 396 g/mol. The minimum atomic E-state index is 0.107. The van der Waals surface area contributed by atoms with Gasteiger partial charge in [0.1, 0.15) is 0 Å². The summed E-state index contributed by atoms with van der Waals surface area (Å²) in [6.07, 6.45) is 0.342. The first kappa shape index (κ1) is 21.9. The van der Waals surface area contributed by atoms with Crippen molar-refractivity contribution >= 4 is 23.2 Å². The molecule has 1 amide bonds. The molecule has 0 N–H and O–H groups in total. The van der Waals surface area contributed by atoms with Gasteiger partial charge >= 0.3 is 0 Å². The summed E-state index contributed by atoms with van der Waals surface area (Å²) < 4.78 is 1.88. The van der Waals surface area contributed by atoms with Crippen molar-refractivity contribution in [2.45, 2.75) is 33.7 Å². The number of anilines is 1. The Morgan fingerprint density at radius 1 is 1.03 bits per heavy atom. The Morgan fingerprint density at radius 3 is 2.23 bits per heavy atom. The number of rotatable bonds is 7. The van der Waals surface area contributed by atoms with Gasteiger partial charge in [-0.2, -0.15) is 5.10 Å². The van der Waals surface area contributed by atoms with Crippen molar-refractivity contribution in [3.05, 3.63) is 76.1 Å². The quantitative estimate of drug-likeness (QED) is 0.547.